The molecule has 2 aromatic rings. The number of anilines is 2. The lowest BCUT2D eigenvalue weighted by Gasteiger charge is -2.36. The third kappa shape index (κ3) is 6.97. The largest absolute Gasteiger partial charge is 0.369 e. The molecule has 0 unspecified atom stereocenters. The summed E-state index contributed by atoms with van der Waals surface area (Å²) in [6.45, 7) is 5.40. The predicted octanol–water partition coefficient (Wildman–Crippen LogP) is 3.12. The highest BCUT2D eigenvalue weighted by Crippen LogP contribution is 2.24. The van der Waals surface area contributed by atoms with Crippen LogP contribution in [0.2, 0.25) is 0 Å². The van der Waals surface area contributed by atoms with Crippen molar-refractivity contribution in [3.8, 4) is 0 Å². The number of rotatable bonds is 9. The number of carbonyl (C=O) groups is 1. The van der Waals surface area contributed by atoms with Crippen molar-refractivity contribution < 1.29 is 13.2 Å². The van der Waals surface area contributed by atoms with Crippen molar-refractivity contribution in [3.63, 3.8) is 0 Å². The normalized spacial score (nSPS) is 15.1. The summed E-state index contributed by atoms with van der Waals surface area (Å²) in [5.74, 6) is 0. The van der Waals surface area contributed by atoms with E-state index in [1.807, 2.05) is 6.07 Å². The Hall–Kier alpha value is -2.58. The summed E-state index contributed by atoms with van der Waals surface area (Å²) in [5.41, 5.74) is 7.73. The summed E-state index contributed by atoms with van der Waals surface area (Å²) in [6, 6.07) is 14.9. The maximum absolute atomic E-state index is 11.9. The molecule has 0 saturated carbocycles. The van der Waals surface area contributed by atoms with E-state index in [-0.39, 0.29) is 10.6 Å². The summed E-state index contributed by atoms with van der Waals surface area (Å²) < 4.78 is 23.8. The fourth-order valence-electron chi connectivity index (χ4n) is 4.00. The second-order valence-electron chi connectivity index (χ2n) is 8.07. The number of nitrogens with two attached hydrogens (primary N) is 1. The van der Waals surface area contributed by atoms with E-state index in [0.717, 1.165) is 70.2 Å². The van der Waals surface area contributed by atoms with Crippen molar-refractivity contribution >= 4 is 27.2 Å². The van der Waals surface area contributed by atoms with E-state index in [1.165, 1.54) is 5.69 Å². The third-order valence-electron chi connectivity index (χ3n) is 5.63. The Morgan fingerprint density at radius 2 is 1.71 bits per heavy atom. The highest BCUT2D eigenvalue weighted by Gasteiger charge is 2.17. The Labute approximate surface area is 185 Å². The van der Waals surface area contributed by atoms with Crippen molar-refractivity contribution in [1.29, 1.82) is 0 Å². The minimum absolute atomic E-state index is 0.0877. The molecule has 3 rings (SSSR count). The number of nitrogens with zero attached hydrogens (tertiary/aromatic N) is 2. The highest BCUT2D eigenvalue weighted by molar-refractivity contribution is 7.90. The summed E-state index contributed by atoms with van der Waals surface area (Å²) in [4.78, 5) is 16.3. The second kappa shape index (κ2) is 10.6. The number of sulfone groups is 1. The van der Waals surface area contributed by atoms with Gasteiger partial charge in [0.05, 0.1) is 10.6 Å². The Morgan fingerprint density at radius 3 is 2.35 bits per heavy atom. The number of benzene rings is 2. The number of unbranched alkanes of at least 4 members (excludes halogenated alkanes) is 2. The number of hydrogen-bond donors (Lipinski definition) is 2. The third-order valence-corrected chi connectivity index (χ3v) is 6.79. The van der Waals surface area contributed by atoms with Gasteiger partial charge in [-0.25, -0.2) is 13.2 Å². The van der Waals surface area contributed by atoms with Crippen LogP contribution in [-0.4, -0.2) is 58.3 Å². The number of para-hydroxylation sites is 1. The molecule has 3 N–H and O–H groups in total. The topological polar surface area (TPSA) is 95.7 Å². The zero-order chi connectivity index (χ0) is 22.3. The van der Waals surface area contributed by atoms with Gasteiger partial charge >= 0.3 is 6.03 Å². The molecule has 31 heavy (non-hydrogen) atoms. The predicted molar refractivity (Wildman–Crippen MR) is 125 cm³/mol. The standard InChI is InChI=1S/C23H32N4O3S/c1-31(29,30)22-12-11-19(18-21(22)25-23(24)28)8-4-3-7-13-26-14-16-27(17-15-26)20-9-5-2-6-10-20/h2,5-6,9-12,18H,3-4,7-8,13-17H2,1H3,(H3,24,25,28). The van der Waals surface area contributed by atoms with Gasteiger partial charge in [-0.3, -0.25) is 4.90 Å². The summed E-state index contributed by atoms with van der Waals surface area (Å²) in [6.07, 6.45) is 5.20. The second-order valence-corrected chi connectivity index (χ2v) is 10.1. The van der Waals surface area contributed by atoms with E-state index < -0.39 is 15.9 Å². The molecule has 1 fully saturated rings. The molecule has 1 aliphatic heterocycles. The van der Waals surface area contributed by atoms with Crippen molar-refractivity contribution in [3.05, 3.63) is 54.1 Å². The molecule has 0 radical (unpaired) electrons. The van der Waals surface area contributed by atoms with Gasteiger partial charge in [0.2, 0.25) is 0 Å². The van der Waals surface area contributed by atoms with E-state index >= 15 is 0 Å². The van der Waals surface area contributed by atoms with Crippen LogP contribution in [0.3, 0.4) is 0 Å². The van der Waals surface area contributed by atoms with Crippen molar-refractivity contribution in [2.24, 2.45) is 5.73 Å². The van der Waals surface area contributed by atoms with Gasteiger partial charge in [-0.1, -0.05) is 30.7 Å². The van der Waals surface area contributed by atoms with Crippen molar-refractivity contribution in [2.45, 2.75) is 30.6 Å². The van der Waals surface area contributed by atoms with Crippen LogP contribution in [0.25, 0.3) is 0 Å². The SMILES string of the molecule is CS(=O)(=O)c1ccc(CCCCCN2CCN(c3ccccc3)CC2)cc1NC(N)=O. The van der Waals surface area contributed by atoms with Crippen molar-refractivity contribution in [2.75, 3.05) is 49.2 Å². The zero-order valence-electron chi connectivity index (χ0n) is 18.1. The van der Waals surface area contributed by atoms with Gasteiger partial charge in [-0.05, 0) is 55.6 Å². The van der Waals surface area contributed by atoms with E-state index in [0.29, 0.717) is 0 Å². The van der Waals surface area contributed by atoms with Gasteiger partial charge in [-0.15, -0.1) is 0 Å². The van der Waals surface area contributed by atoms with Gasteiger partial charge in [0.15, 0.2) is 9.84 Å². The zero-order valence-corrected chi connectivity index (χ0v) is 18.9. The first-order valence-corrected chi connectivity index (χ1v) is 12.6. The van der Waals surface area contributed by atoms with Gasteiger partial charge in [0.1, 0.15) is 0 Å². The molecule has 8 heteroatoms. The molecular weight excluding hydrogens is 412 g/mol. The molecule has 1 heterocycles. The molecule has 0 spiro atoms. The van der Waals surface area contributed by atoms with Gasteiger partial charge in [0.25, 0.3) is 0 Å². The number of piperazine rings is 1. The van der Waals surface area contributed by atoms with Crippen LogP contribution in [0.4, 0.5) is 16.2 Å². The molecule has 0 atom stereocenters. The Morgan fingerprint density at radius 1 is 1.00 bits per heavy atom. The number of primary amides is 1. The average Bonchev–Trinajstić information content (AvgIpc) is 2.73. The molecule has 1 aliphatic rings. The van der Waals surface area contributed by atoms with Gasteiger partial charge in [-0.2, -0.15) is 0 Å². The lowest BCUT2D eigenvalue weighted by Crippen LogP contribution is -2.46. The average molecular weight is 445 g/mol. The van der Waals surface area contributed by atoms with E-state index in [1.54, 1.807) is 12.1 Å². The van der Waals surface area contributed by atoms with Gasteiger partial charge in [0, 0.05) is 38.1 Å². The van der Waals surface area contributed by atoms with E-state index in [9.17, 15) is 13.2 Å². The van der Waals surface area contributed by atoms with Crippen LogP contribution in [0.5, 0.6) is 0 Å². The lowest BCUT2D eigenvalue weighted by atomic mass is 10.1. The molecule has 0 aliphatic carbocycles. The van der Waals surface area contributed by atoms with Gasteiger partial charge < -0.3 is 16.0 Å². The summed E-state index contributed by atoms with van der Waals surface area (Å²) >= 11 is 0. The maximum atomic E-state index is 11.9. The minimum atomic E-state index is -3.44. The van der Waals surface area contributed by atoms with E-state index in [4.69, 9.17) is 5.73 Å². The molecule has 2 aromatic carbocycles. The summed E-state index contributed by atoms with van der Waals surface area (Å²) in [5, 5.41) is 2.43. The quantitative estimate of drug-likeness (QED) is 0.580. The molecule has 7 nitrogen and oxygen atoms in total. The minimum Gasteiger partial charge on any atom is -0.369 e. The van der Waals surface area contributed by atoms with Crippen LogP contribution in [0, 0.1) is 0 Å². The Balaban J connectivity index is 1.40. The Bertz CT molecular complexity index is 972. The first-order valence-electron chi connectivity index (χ1n) is 10.7. The summed E-state index contributed by atoms with van der Waals surface area (Å²) in [7, 11) is -3.44. The number of aryl methyl sites for hydroxylation is 1. The number of amides is 2. The van der Waals surface area contributed by atoms with Crippen LogP contribution >= 0.6 is 0 Å². The van der Waals surface area contributed by atoms with Crippen LogP contribution in [0.15, 0.2) is 53.4 Å². The molecular formula is C23H32N4O3S. The fourth-order valence-corrected chi connectivity index (χ4v) is 4.82. The Kier molecular flexibility index (Phi) is 7.92. The van der Waals surface area contributed by atoms with Crippen LogP contribution < -0.4 is 16.0 Å². The molecule has 0 aromatic heterocycles. The maximum Gasteiger partial charge on any atom is 0.316 e. The number of carbonyl (C=O) groups excluding carboxylic acids is 1. The van der Waals surface area contributed by atoms with Crippen LogP contribution in [-0.2, 0) is 16.3 Å². The number of nitrogens with one attached hydrogen (secondary N) is 1. The number of hydrogen-bond acceptors (Lipinski definition) is 5. The fraction of sp³-hybridized carbons (Fsp3) is 0.435. The monoisotopic (exact) mass is 444 g/mol. The molecule has 0 bridgehead atoms. The molecule has 168 valence electrons. The lowest BCUT2D eigenvalue weighted by molar-refractivity contribution is 0.252. The first-order chi connectivity index (χ1) is 14.8. The first kappa shape index (κ1) is 23.1. The highest BCUT2D eigenvalue weighted by atomic mass is 32.2. The van der Waals surface area contributed by atoms with Crippen molar-refractivity contribution in [1.82, 2.24) is 4.90 Å². The number of urea groups is 1. The molecule has 2 amide bonds. The van der Waals surface area contributed by atoms with E-state index in [2.05, 4.69) is 45.4 Å². The van der Waals surface area contributed by atoms with Crippen LogP contribution in [0.1, 0.15) is 24.8 Å². The smallest absolute Gasteiger partial charge is 0.316 e. The molecule has 1 saturated heterocycles.